The third-order valence-corrected chi connectivity index (χ3v) is 3.64. The van der Waals surface area contributed by atoms with Crippen LogP contribution in [0.25, 0.3) is 0 Å². The largest absolute Gasteiger partial charge is 0.455 e. The van der Waals surface area contributed by atoms with E-state index in [2.05, 4.69) is 20.1 Å². The van der Waals surface area contributed by atoms with Crippen LogP contribution in [0.1, 0.15) is 40.5 Å². The van der Waals surface area contributed by atoms with Gasteiger partial charge in [-0.15, -0.1) is 0 Å². The predicted octanol–water partition coefficient (Wildman–Crippen LogP) is 2.39. The molecule has 7 nitrogen and oxygen atoms in total. The zero-order valence-electron chi connectivity index (χ0n) is 15.6. The lowest BCUT2D eigenvalue weighted by Gasteiger charge is -2.26. The molecule has 0 aliphatic rings. The molecule has 0 aliphatic carbocycles. The van der Waals surface area contributed by atoms with Gasteiger partial charge in [0.2, 0.25) is 5.91 Å². The van der Waals surface area contributed by atoms with E-state index in [-0.39, 0.29) is 18.3 Å². The molecule has 0 heterocycles. The lowest BCUT2D eigenvalue weighted by molar-refractivity contribution is -0.188. The number of ether oxygens (including phenoxy) is 2. The van der Waals surface area contributed by atoms with Crippen LogP contribution < -0.4 is 10.6 Å². The quantitative estimate of drug-likeness (QED) is 0.596. The number of esters is 1. The van der Waals surface area contributed by atoms with Crippen molar-refractivity contribution < 1.29 is 37.0 Å². The Bertz CT molecular complexity index is 483. The Morgan fingerprint density at radius 3 is 2.08 bits per heavy atom. The van der Waals surface area contributed by atoms with Crippen LogP contribution >= 0.6 is 0 Å². The minimum atomic E-state index is -4.66. The number of hydrogen-bond donors (Lipinski definition) is 2. The molecule has 0 rings (SSSR count). The second-order valence-corrected chi connectivity index (χ2v) is 6.41. The van der Waals surface area contributed by atoms with E-state index in [9.17, 15) is 27.6 Å². The normalized spacial score (nSPS) is 15.0. The Hall–Kier alpha value is -2.00. The highest BCUT2D eigenvalue weighted by Crippen LogP contribution is 2.16. The molecule has 0 saturated heterocycles. The molecule has 0 aromatic carbocycles. The van der Waals surface area contributed by atoms with Gasteiger partial charge >= 0.3 is 18.2 Å². The Morgan fingerprint density at radius 1 is 1.08 bits per heavy atom. The van der Waals surface area contributed by atoms with Crippen molar-refractivity contribution in [3.8, 4) is 0 Å². The molecule has 0 bridgehead atoms. The molecule has 2 N–H and O–H groups in total. The van der Waals surface area contributed by atoms with Gasteiger partial charge in [0.05, 0.1) is 7.11 Å². The molecule has 0 aromatic heterocycles. The number of rotatable bonds is 9. The standard InChI is InChI=1S/C16H27F3N2O5/c1-6-10(4)12(21-15(24)25-5)13(22)20-11(7-9(2)3)14(23)26-8-16(17,18)19/h9-12H,6-8H2,1-5H3,(H,20,22)(H,21,24). The van der Waals surface area contributed by atoms with Crippen LogP contribution in [0.3, 0.4) is 0 Å². The molecule has 26 heavy (non-hydrogen) atoms. The fourth-order valence-electron chi connectivity index (χ4n) is 2.09. The maximum atomic E-state index is 12.5. The first-order valence-electron chi connectivity index (χ1n) is 8.29. The summed E-state index contributed by atoms with van der Waals surface area (Å²) in [7, 11) is 1.14. The Morgan fingerprint density at radius 2 is 1.65 bits per heavy atom. The molecular formula is C16H27F3N2O5. The fourth-order valence-corrected chi connectivity index (χ4v) is 2.09. The highest BCUT2D eigenvalue weighted by molar-refractivity contribution is 5.89. The smallest absolute Gasteiger partial charge is 0.422 e. The molecule has 0 saturated carbocycles. The monoisotopic (exact) mass is 384 g/mol. The van der Waals surface area contributed by atoms with E-state index < -0.39 is 42.8 Å². The fraction of sp³-hybridized carbons (Fsp3) is 0.812. The van der Waals surface area contributed by atoms with Gasteiger partial charge in [-0.25, -0.2) is 9.59 Å². The molecule has 0 aromatic rings. The van der Waals surface area contributed by atoms with Crippen molar-refractivity contribution in [1.82, 2.24) is 10.6 Å². The molecule has 3 atom stereocenters. The number of methoxy groups -OCH3 is 1. The lowest BCUT2D eigenvalue weighted by Crippen LogP contribution is -2.54. The number of halogens is 3. The summed E-state index contributed by atoms with van der Waals surface area (Å²) in [6.07, 6.45) is -4.86. The van der Waals surface area contributed by atoms with E-state index in [4.69, 9.17) is 0 Å². The molecular weight excluding hydrogens is 357 g/mol. The number of amides is 2. The Labute approximate surface area is 151 Å². The number of alkyl halides is 3. The van der Waals surface area contributed by atoms with Crippen molar-refractivity contribution in [2.75, 3.05) is 13.7 Å². The molecule has 10 heteroatoms. The minimum Gasteiger partial charge on any atom is -0.455 e. The van der Waals surface area contributed by atoms with Gasteiger partial charge in [-0.05, 0) is 18.3 Å². The molecule has 0 radical (unpaired) electrons. The van der Waals surface area contributed by atoms with Gasteiger partial charge in [0.1, 0.15) is 12.1 Å². The van der Waals surface area contributed by atoms with Gasteiger partial charge < -0.3 is 20.1 Å². The van der Waals surface area contributed by atoms with E-state index in [1.807, 2.05) is 0 Å². The van der Waals surface area contributed by atoms with Crippen molar-refractivity contribution in [3.05, 3.63) is 0 Å². The summed E-state index contributed by atoms with van der Waals surface area (Å²) in [6.45, 7) is 5.27. The first-order valence-corrected chi connectivity index (χ1v) is 8.29. The predicted molar refractivity (Wildman–Crippen MR) is 87.2 cm³/mol. The third-order valence-electron chi connectivity index (χ3n) is 3.64. The van der Waals surface area contributed by atoms with Crippen molar-refractivity contribution in [3.63, 3.8) is 0 Å². The summed E-state index contributed by atoms with van der Waals surface area (Å²) < 4.78 is 45.4. The van der Waals surface area contributed by atoms with Crippen LogP contribution in [0.2, 0.25) is 0 Å². The van der Waals surface area contributed by atoms with Gasteiger partial charge in [0, 0.05) is 0 Å². The van der Waals surface area contributed by atoms with Crippen molar-refractivity contribution in [1.29, 1.82) is 0 Å². The summed E-state index contributed by atoms with van der Waals surface area (Å²) in [5.41, 5.74) is 0. The number of nitrogens with one attached hydrogen (secondary N) is 2. The van der Waals surface area contributed by atoms with Gasteiger partial charge in [0.15, 0.2) is 6.61 Å². The van der Waals surface area contributed by atoms with E-state index in [1.54, 1.807) is 27.7 Å². The van der Waals surface area contributed by atoms with E-state index in [0.717, 1.165) is 7.11 Å². The average Bonchev–Trinajstić information content (AvgIpc) is 2.54. The first-order chi connectivity index (χ1) is 11.9. The molecule has 2 amide bonds. The van der Waals surface area contributed by atoms with E-state index in [0.29, 0.717) is 6.42 Å². The first kappa shape index (κ1) is 24.0. The number of carbonyl (C=O) groups is 3. The lowest BCUT2D eigenvalue weighted by atomic mass is 9.97. The van der Waals surface area contributed by atoms with Crippen LogP contribution in [0.15, 0.2) is 0 Å². The van der Waals surface area contributed by atoms with Gasteiger partial charge in [-0.1, -0.05) is 34.1 Å². The van der Waals surface area contributed by atoms with E-state index >= 15 is 0 Å². The zero-order valence-corrected chi connectivity index (χ0v) is 15.6. The van der Waals surface area contributed by atoms with Crippen LogP contribution in [0.5, 0.6) is 0 Å². The van der Waals surface area contributed by atoms with Crippen LogP contribution in [0.4, 0.5) is 18.0 Å². The third kappa shape index (κ3) is 9.47. The number of alkyl carbamates (subject to hydrolysis) is 1. The van der Waals surface area contributed by atoms with Gasteiger partial charge in [-0.3, -0.25) is 4.79 Å². The topological polar surface area (TPSA) is 93.7 Å². The molecule has 0 fully saturated rings. The highest BCUT2D eigenvalue weighted by atomic mass is 19.4. The SMILES string of the molecule is CCC(C)C(NC(=O)OC)C(=O)NC(CC(C)C)C(=O)OCC(F)(F)F. The number of hydrogen-bond acceptors (Lipinski definition) is 5. The minimum absolute atomic E-state index is 0.0886. The maximum absolute atomic E-state index is 12.5. The molecule has 0 aliphatic heterocycles. The average molecular weight is 384 g/mol. The summed E-state index contributed by atoms with van der Waals surface area (Å²) in [6, 6.07) is -2.26. The van der Waals surface area contributed by atoms with Crippen LogP contribution in [-0.2, 0) is 19.1 Å². The summed E-state index contributed by atoms with van der Waals surface area (Å²) in [5.74, 6) is -2.25. The van der Waals surface area contributed by atoms with Gasteiger partial charge in [-0.2, -0.15) is 13.2 Å². The van der Waals surface area contributed by atoms with Gasteiger partial charge in [0.25, 0.3) is 0 Å². The zero-order chi connectivity index (χ0) is 20.5. The highest BCUT2D eigenvalue weighted by Gasteiger charge is 2.34. The van der Waals surface area contributed by atoms with Crippen molar-refractivity contribution in [2.24, 2.45) is 11.8 Å². The van der Waals surface area contributed by atoms with E-state index in [1.165, 1.54) is 0 Å². The summed E-state index contributed by atoms with van der Waals surface area (Å²) in [5, 5.41) is 4.74. The summed E-state index contributed by atoms with van der Waals surface area (Å²) >= 11 is 0. The van der Waals surface area contributed by atoms with Crippen molar-refractivity contribution in [2.45, 2.75) is 58.8 Å². The Balaban J connectivity index is 5.16. The molecule has 0 spiro atoms. The van der Waals surface area contributed by atoms with Crippen molar-refractivity contribution >= 4 is 18.0 Å². The molecule has 152 valence electrons. The van der Waals surface area contributed by atoms with Crippen LogP contribution in [0, 0.1) is 11.8 Å². The second kappa shape index (κ2) is 10.9. The Kier molecular flexibility index (Phi) is 10.0. The second-order valence-electron chi connectivity index (χ2n) is 6.41. The van der Waals surface area contributed by atoms with Crippen LogP contribution in [-0.4, -0.2) is 49.9 Å². The maximum Gasteiger partial charge on any atom is 0.422 e. The number of carbonyl (C=O) groups excluding carboxylic acids is 3. The summed E-state index contributed by atoms with van der Waals surface area (Å²) in [4.78, 5) is 35.9. The molecule has 3 unspecified atom stereocenters.